The number of imidazole rings is 1. The summed E-state index contributed by atoms with van der Waals surface area (Å²) in [5, 5.41) is 3.55. The molecular formula is C11H21N3. The predicted molar refractivity (Wildman–Crippen MR) is 59.3 cm³/mol. The topological polar surface area (TPSA) is 29.9 Å². The first-order valence-electron chi connectivity index (χ1n) is 5.27. The fraction of sp³-hybridized carbons (Fsp3) is 0.727. The van der Waals surface area contributed by atoms with Crippen molar-refractivity contribution in [1.82, 2.24) is 14.9 Å². The van der Waals surface area contributed by atoms with Crippen LogP contribution in [0.4, 0.5) is 0 Å². The number of rotatable bonds is 5. The minimum absolute atomic E-state index is 0.231. The van der Waals surface area contributed by atoms with E-state index in [1.165, 1.54) is 0 Å². The summed E-state index contributed by atoms with van der Waals surface area (Å²) in [5.41, 5.74) is 0.231. The molecule has 1 aromatic heterocycles. The highest BCUT2D eigenvalue weighted by atomic mass is 15.1. The lowest BCUT2D eigenvalue weighted by molar-refractivity contribution is 0.344. The Hall–Kier alpha value is -0.830. The zero-order valence-electron chi connectivity index (χ0n) is 9.62. The summed E-state index contributed by atoms with van der Waals surface area (Å²) in [6, 6.07) is 0.461. The van der Waals surface area contributed by atoms with Crippen molar-refractivity contribution in [2.24, 2.45) is 0 Å². The van der Waals surface area contributed by atoms with Gasteiger partial charge in [-0.1, -0.05) is 6.92 Å². The Balaban J connectivity index is 2.39. The van der Waals surface area contributed by atoms with Gasteiger partial charge < -0.3 is 9.88 Å². The summed E-state index contributed by atoms with van der Waals surface area (Å²) in [5.74, 6) is 0. The van der Waals surface area contributed by atoms with E-state index in [9.17, 15) is 0 Å². The monoisotopic (exact) mass is 195 g/mol. The van der Waals surface area contributed by atoms with Crippen molar-refractivity contribution in [3.8, 4) is 0 Å². The van der Waals surface area contributed by atoms with E-state index in [-0.39, 0.29) is 5.54 Å². The van der Waals surface area contributed by atoms with Crippen LogP contribution in [-0.2, 0) is 0 Å². The van der Waals surface area contributed by atoms with Gasteiger partial charge in [-0.2, -0.15) is 0 Å². The molecule has 0 radical (unpaired) electrons. The lowest BCUT2D eigenvalue weighted by Gasteiger charge is -2.27. The van der Waals surface area contributed by atoms with E-state index in [2.05, 4.69) is 42.6 Å². The lowest BCUT2D eigenvalue weighted by atomic mass is 10.0. The van der Waals surface area contributed by atoms with Crippen LogP contribution in [0.1, 0.15) is 40.2 Å². The molecule has 0 aliphatic heterocycles. The number of nitrogens with one attached hydrogen (secondary N) is 1. The third-order valence-electron chi connectivity index (χ3n) is 2.79. The molecule has 0 aromatic carbocycles. The Labute approximate surface area is 86.5 Å². The highest BCUT2D eigenvalue weighted by Gasteiger charge is 2.15. The van der Waals surface area contributed by atoms with E-state index in [1.54, 1.807) is 0 Å². The van der Waals surface area contributed by atoms with E-state index in [0.717, 1.165) is 13.0 Å². The maximum Gasteiger partial charge on any atom is 0.0948 e. The zero-order chi connectivity index (χ0) is 10.6. The number of nitrogens with zero attached hydrogens (tertiary/aromatic N) is 2. The average Bonchev–Trinajstić information content (AvgIpc) is 2.67. The molecule has 0 aliphatic carbocycles. The Kier molecular flexibility index (Phi) is 3.69. The third-order valence-corrected chi connectivity index (χ3v) is 2.79. The fourth-order valence-electron chi connectivity index (χ4n) is 1.18. The molecule has 1 aromatic rings. The van der Waals surface area contributed by atoms with Crippen LogP contribution in [0.2, 0.25) is 0 Å². The van der Waals surface area contributed by atoms with Gasteiger partial charge >= 0.3 is 0 Å². The van der Waals surface area contributed by atoms with Gasteiger partial charge in [-0.05, 0) is 27.2 Å². The van der Waals surface area contributed by atoms with Gasteiger partial charge in [0.15, 0.2) is 0 Å². The summed E-state index contributed by atoms with van der Waals surface area (Å²) < 4.78 is 2.12. The maximum absolute atomic E-state index is 4.04. The molecule has 0 saturated heterocycles. The summed E-state index contributed by atoms with van der Waals surface area (Å²) in [6.07, 6.45) is 6.84. The van der Waals surface area contributed by atoms with Crippen LogP contribution in [-0.4, -0.2) is 21.6 Å². The fourth-order valence-corrected chi connectivity index (χ4v) is 1.18. The van der Waals surface area contributed by atoms with Gasteiger partial charge in [0.25, 0.3) is 0 Å². The second kappa shape index (κ2) is 4.60. The molecule has 3 heteroatoms. The molecule has 80 valence electrons. The van der Waals surface area contributed by atoms with Gasteiger partial charge in [-0.3, -0.25) is 0 Å². The lowest BCUT2D eigenvalue weighted by Crippen LogP contribution is -2.41. The molecular weight excluding hydrogens is 174 g/mol. The number of hydrogen-bond donors (Lipinski definition) is 1. The highest BCUT2D eigenvalue weighted by molar-refractivity contribution is 4.82. The quantitative estimate of drug-likeness (QED) is 0.780. The van der Waals surface area contributed by atoms with Crippen LogP contribution in [0, 0.1) is 0 Å². The largest absolute Gasteiger partial charge is 0.333 e. The van der Waals surface area contributed by atoms with Gasteiger partial charge in [0, 0.05) is 30.5 Å². The van der Waals surface area contributed by atoms with E-state index >= 15 is 0 Å². The van der Waals surface area contributed by atoms with Crippen molar-refractivity contribution in [2.45, 2.75) is 45.7 Å². The summed E-state index contributed by atoms with van der Waals surface area (Å²) >= 11 is 0. The molecule has 3 nitrogen and oxygen atoms in total. The van der Waals surface area contributed by atoms with Crippen molar-refractivity contribution < 1.29 is 0 Å². The molecule has 1 heterocycles. The first-order valence-corrected chi connectivity index (χ1v) is 5.27. The van der Waals surface area contributed by atoms with E-state index in [0.29, 0.717) is 6.04 Å². The molecule has 0 amide bonds. The molecule has 1 N–H and O–H groups in total. The van der Waals surface area contributed by atoms with Crippen molar-refractivity contribution in [2.75, 3.05) is 6.54 Å². The van der Waals surface area contributed by atoms with Crippen LogP contribution in [0.5, 0.6) is 0 Å². The van der Waals surface area contributed by atoms with Crippen molar-refractivity contribution in [3.63, 3.8) is 0 Å². The highest BCUT2D eigenvalue weighted by Crippen LogP contribution is 2.09. The Morgan fingerprint density at radius 2 is 2.21 bits per heavy atom. The molecule has 0 aliphatic rings. The number of hydrogen-bond acceptors (Lipinski definition) is 2. The van der Waals surface area contributed by atoms with Crippen LogP contribution >= 0.6 is 0 Å². The molecule has 0 spiro atoms. The third kappa shape index (κ3) is 3.14. The second-order valence-electron chi connectivity index (χ2n) is 4.48. The Morgan fingerprint density at radius 3 is 2.71 bits per heavy atom. The standard InChI is InChI=1S/C11H21N3/c1-5-11(3,4)13-8-10(2)14-7-6-12-9-14/h6-7,9-10,13H,5,8H2,1-4H3. The summed E-state index contributed by atoms with van der Waals surface area (Å²) in [4.78, 5) is 4.04. The van der Waals surface area contributed by atoms with Gasteiger partial charge in [0.1, 0.15) is 0 Å². The normalized spacial score (nSPS) is 14.3. The Bertz CT molecular complexity index is 252. The number of aromatic nitrogens is 2. The van der Waals surface area contributed by atoms with Gasteiger partial charge in [0.2, 0.25) is 0 Å². The molecule has 1 atom stereocenters. The predicted octanol–water partition coefficient (Wildman–Crippen LogP) is 2.22. The van der Waals surface area contributed by atoms with Gasteiger partial charge in [-0.15, -0.1) is 0 Å². The minimum Gasteiger partial charge on any atom is -0.333 e. The van der Waals surface area contributed by atoms with E-state index in [1.807, 2.05) is 18.7 Å². The van der Waals surface area contributed by atoms with Crippen LogP contribution in [0.3, 0.4) is 0 Å². The second-order valence-corrected chi connectivity index (χ2v) is 4.48. The average molecular weight is 195 g/mol. The molecule has 1 rings (SSSR count). The van der Waals surface area contributed by atoms with E-state index < -0.39 is 0 Å². The SMILES string of the molecule is CCC(C)(C)NCC(C)n1ccnc1. The maximum atomic E-state index is 4.04. The van der Waals surface area contributed by atoms with Crippen LogP contribution in [0.15, 0.2) is 18.7 Å². The molecule has 0 fully saturated rings. The van der Waals surface area contributed by atoms with Gasteiger partial charge in [-0.25, -0.2) is 4.98 Å². The van der Waals surface area contributed by atoms with Crippen molar-refractivity contribution in [3.05, 3.63) is 18.7 Å². The Morgan fingerprint density at radius 1 is 1.50 bits per heavy atom. The van der Waals surface area contributed by atoms with Crippen molar-refractivity contribution in [1.29, 1.82) is 0 Å². The molecule has 0 bridgehead atoms. The first kappa shape index (κ1) is 11.2. The van der Waals surface area contributed by atoms with Crippen molar-refractivity contribution >= 4 is 0 Å². The summed E-state index contributed by atoms with van der Waals surface area (Å²) in [7, 11) is 0. The molecule has 1 unspecified atom stereocenters. The molecule has 14 heavy (non-hydrogen) atoms. The van der Waals surface area contributed by atoms with Crippen LogP contribution < -0.4 is 5.32 Å². The first-order chi connectivity index (χ1) is 6.55. The van der Waals surface area contributed by atoms with Gasteiger partial charge in [0.05, 0.1) is 6.33 Å². The minimum atomic E-state index is 0.231. The van der Waals surface area contributed by atoms with Crippen LogP contribution in [0.25, 0.3) is 0 Å². The van der Waals surface area contributed by atoms with E-state index in [4.69, 9.17) is 0 Å². The zero-order valence-corrected chi connectivity index (χ0v) is 9.62. The smallest absolute Gasteiger partial charge is 0.0948 e. The summed E-state index contributed by atoms with van der Waals surface area (Å²) in [6.45, 7) is 9.84. The molecule has 0 saturated carbocycles.